The van der Waals surface area contributed by atoms with E-state index in [1.54, 1.807) is 25.3 Å². The highest BCUT2D eigenvalue weighted by Gasteiger charge is 2.12. The highest BCUT2D eigenvalue weighted by molar-refractivity contribution is 6.06. The lowest BCUT2D eigenvalue weighted by atomic mass is 10.1. The van der Waals surface area contributed by atoms with Gasteiger partial charge in [0, 0.05) is 24.0 Å². The van der Waals surface area contributed by atoms with E-state index in [1.165, 1.54) is 0 Å². The second kappa shape index (κ2) is 6.90. The van der Waals surface area contributed by atoms with Crippen molar-refractivity contribution >= 4 is 17.3 Å². The Morgan fingerprint density at radius 3 is 2.71 bits per heavy atom. The van der Waals surface area contributed by atoms with Crippen molar-refractivity contribution in [3.05, 3.63) is 59.2 Å². The van der Waals surface area contributed by atoms with E-state index in [0.29, 0.717) is 17.9 Å². The third kappa shape index (κ3) is 3.61. The van der Waals surface area contributed by atoms with E-state index in [0.717, 1.165) is 23.2 Å². The van der Waals surface area contributed by atoms with Gasteiger partial charge in [0.2, 0.25) is 0 Å². The zero-order chi connectivity index (χ0) is 15.2. The monoisotopic (exact) mass is 284 g/mol. The summed E-state index contributed by atoms with van der Waals surface area (Å²) in [5.41, 5.74) is 9.72. The molecule has 4 nitrogen and oxygen atoms in total. The standard InChI is InChI=1S/C17H20N2O2/c1-12-14(7-5-8-15(12)18)17(20)19-16-9-4-3-6-13(16)10-11-21-2/h3-9H,10-11,18H2,1-2H3,(H,19,20). The number of para-hydroxylation sites is 1. The normalized spacial score (nSPS) is 10.4. The number of hydrogen-bond acceptors (Lipinski definition) is 3. The molecule has 0 saturated carbocycles. The van der Waals surface area contributed by atoms with Crippen molar-refractivity contribution in [2.75, 3.05) is 24.8 Å². The Balaban J connectivity index is 2.22. The Labute approximate surface area is 124 Å². The molecule has 0 heterocycles. The van der Waals surface area contributed by atoms with Crippen molar-refractivity contribution in [3.63, 3.8) is 0 Å². The van der Waals surface area contributed by atoms with Crippen molar-refractivity contribution in [2.45, 2.75) is 13.3 Å². The molecule has 0 spiro atoms. The summed E-state index contributed by atoms with van der Waals surface area (Å²) < 4.78 is 5.10. The van der Waals surface area contributed by atoms with Crippen LogP contribution in [0.3, 0.4) is 0 Å². The van der Waals surface area contributed by atoms with Gasteiger partial charge in [-0.2, -0.15) is 0 Å². The Bertz CT molecular complexity index is 638. The molecule has 0 aliphatic heterocycles. The summed E-state index contributed by atoms with van der Waals surface area (Å²) >= 11 is 0. The molecule has 0 aromatic heterocycles. The van der Waals surface area contributed by atoms with Gasteiger partial charge in [-0.05, 0) is 42.7 Å². The van der Waals surface area contributed by atoms with Crippen LogP contribution in [-0.4, -0.2) is 19.6 Å². The van der Waals surface area contributed by atoms with E-state index in [1.807, 2.05) is 31.2 Å². The van der Waals surface area contributed by atoms with Crippen molar-refractivity contribution in [3.8, 4) is 0 Å². The van der Waals surface area contributed by atoms with E-state index >= 15 is 0 Å². The van der Waals surface area contributed by atoms with Gasteiger partial charge in [-0.25, -0.2) is 0 Å². The first kappa shape index (κ1) is 15.1. The molecule has 0 fully saturated rings. The second-order valence-electron chi connectivity index (χ2n) is 4.87. The Hall–Kier alpha value is -2.33. The van der Waals surface area contributed by atoms with Crippen molar-refractivity contribution in [1.29, 1.82) is 0 Å². The van der Waals surface area contributed by atoms with E-state index < -0.39 is 0 Å². The zero-order valence-electron chi connectivity index (χ0n) is 12.3. The molecule has 2 aromatic carbocycles. The molecule has 21 heavy (non-hydrogen) atoms. The summed E-state index contributed by atoms with van der Waals surface area (Å²) in [6.45, 7) is 2.46. The average Bonchev–Trinajstić information content (AvgIpc) is 2.49. The van der Waals surface area contributed by atoms with Gasteiger partial charge >= 0.3 is 0 Å². The summed E-state index contributed by atoms with van der Waals surface area (Å²) in [5.74, 6) is -0.148. The number of benzene rings is 2. The van der Waals surface area contributed by atoms with Gasteiger partial charge in [0.05, 0.1) is 6.61 Å². The highest BCUT2D eigenvalue weighted by Crippen LogP contribution is 2.20. The number of methoxy groups -OCH3 is 1. The molecule has 1 amide bonds. The van der Waals surface area contributed by atoms with Crippen molar-refractivity contribution < 1.29 is 9.53 Å². The Morgan fingerprint density at radius 2 is 1.95 bits per heavy atom. The Kier molecular flexibility index (Phi) is 4.95. The minimum atomic E-state index is -0.148. The molecule has 0 aliphatic carbocycles. The lowest BCUT2D eigenvalue weighted by Crippen LogP contribution is -2.15. The van der Waals surface area contributed by atoms with Crippen molar-refractivity contribution in [1.82, 2.24) is 0 Å². The molecular weight excluding hydrogens is 264 g/mol. The smallest absolute Gasteiger partial charge is 0.256 e. The number of nitrogen functional groups attached to an aromatic ring is 1. The fourth-order valence-electron chi connectivity index (χ4n) is 2.16. The van der Waals surface area contributed by atoms with Gasteiger partial charge in [0.1, 0.15) is 0 Å². The molecule has 110 valence electrons. The third-order valence-corrected chi connectivity index (χ3v) is 3.46. The van der Waals surface area contributed by atoms with Crippen molar-refractivity contribution in [2.24, 2.45) is 0 Å². The van der Waals surface area contributed by atoms with E-state index in [2.05, 4.69) is 5.32 Å². The molecule has 0 aliphatic rings. The molecule has 4 heteroatoms. The maximum Gasteiger partial charge on any atom is 0.256 e. The zero-order valence-corrected chi connectivity index (χ0v) is 12.3. The molecule has 0 atom stereocenters. The highest BCUT2D eigenvalue weighted by atomic mass is 16.5. The predicted molar refractivity (Wildman–Crippen MR) is 85.6 cm³/mol. The first-order chi connectivity index (χ1) is 10.1. The molecule has 0 saturated heterocycles. The number of carbonyl (C=O) groups is 1. The number of carbonyl (C=O) groups excluding carboxylic acids is 1. The topological polar surface area (TPSA) is 64.3 Å². The number of ether oxygens (including phenoxy) is 1. The largest absolute Gasteiger partial charge is 0.398 e. The number of amides is 1. The van der Waals surface area contributed by atoms with Gasteiger partial charge in [-0.15, -0.1) is 0 Å². The molecule has 2 aromatic rings. The summed E-state index contributed by atoms with van der Waals surface area (Å²) in [5, 5.41) is 2.95. The summed E-state index contributed by atoms with van der Waals surface area (Å²) in [7, 11) is 1.66. The SMILES string of the molecule is COCCc1ccccc1NC(=O)c1cccc(N)c1C. The number of nitrogens with one attached hydrogen (secondary N) is 1. The predicted octanol–water partition coefficient (Wildman–Crippen LogP) is 3.02. The van der Waals surface area contributed by atoms with Crippen LogP contribution in [0.1, 0.15) is 21.5 Å². The summed E-state index contributed by atoms with van der Waals surface area (Å²) in [4.78, 5) is 12.4. The molecule has 0 bridgehead atoms. The fourth-order valence-corrected chi connectivity index (χ4v) is 2.16. The molecule has 2 rings (SSSR count). The first-order valence-electron chi connectivity index (χ1n) is 6.86. The van der Waals surface area contributed by atoms with Crippen LogP contribution < -0.4 is 11.1 Å². The Morgan fingerprint density at radius 1 is 1.19 bits per heavy atom. The van der Waals surface area contributed by atoms with Crippen LogP contribution in [0.5, 0.6) is 0 Å². The van der Waals surface area contributed by atoms with Crippen LogP contribution in [0.2, 0.25) is 0 Å². The maximum atomic E-state index is 12.4. The van der Waals surface area contributed by atoms with Crippen LogP contribution in [0.15, 0.2) is 42.5 Å². The van der Waals surface area contributed by atoms with Crippen LogP contribution in [-0.2, 0) is 11.2 Å². The van der Waals surface area contributed by atoms with Gasteiger partial charge in [0.15, 0.2) is 0 Å². The number of nitrogens with two attached hydrogens (primary N) is 1. The molecular formula is C17H20N2O2. The number of rotatable bonds is 5. The number of hydrogen-bond donors (Lipinski definition) is 2. The van der Waals surface area contributed by atoms with Gasteiger partial charge < -0.3 is 15.8 Å². The number of anilines is 2. The van der Waals surface area contributed by atoms with E-state index in [4.69, 9.17) is 10.5 Å². The summed E-state index contributed by atoms with van der Waals surface area (Å²) in [6.07, 6.45) is 0.753. The molecule has 0 unspecified atom stereocenters. The lowest BCUT2D eigenvalue weighted by Gasteiger charge is -2.12. The van der Waals surface area contributed by atoms with Crippen LogP contribution in [0.4, 0.5) is 11.4 Å². The van der Waals surface area contributed by atoms with Crippen LogP contribution >= 0.6 is 0 Å². The minimum absolute atomic E-state index is 0.148. The fraction of sp³-hybridized carbons (Fsp3) is 0.235. The second-order valence-corrected chi connectivity index (χ2v) is 4.87. The van der Waals surface area contributed by atoms with E-state index in [9.17, 15) is 4.79 Å². The lowest BCUT2D eigenvalue weighted by molar-refractivity contribution is 0.102. The van der Waals surface area contributed by atoms with Gasteiger partial charge in [0.25, 0.3) is 5.91 Å². The van der Waals surface area contributed by atoms with Gasteiger partial charge in [-0.1, -0.05) is 24.3 Å². The van der Waals surface area contributed by atoms with Gasteiger partial charge in [-0.3, -0.25) is 4.79 Å². The summed E-state index contributed by atoms with van der Waals surface area (Å²) in [6, 6.07) is 13.1. The minimum Gasteiger partial charge on any atom is -0.398 e. The quantitative estimate of drug-likeness (QED) is 0.829. The van der Waals surface area contributed by atoms with Crippen LogP contribution in [0.25, 0.3) is 0 Å². The van der Waals surface area contributed by atoms with Crippen LogP contribution in [0, 0.1) is 6.92 Å². The maximum absolute atomic E-state index is 12.4. The molecule has 3 N–H and O–H groups in total. The first-order valence-corrected chi connectivity index (χ1v) is 6.86. The average molecular weight is 284 g/mol. The third-order valence-electron chi connectivity index (χ3n) is 3.46. The molecule has 0 radical (unpaired) electrons. The van der Waals surface area contributed by atoms with E-state index in [-0.39, 0.29) is 5.91 Å².